The average Bonchev–Trinajstić information content (AvgIpc) is 2.86. The van der Waals surface area contributed by atoms with Crippen LogP contribution in [0.4, 0.5) is 0 Å². The van der Waals surface area contributed by atoms with Gasteiger partial charge < -0.3 is 9.15 Å². The van der Waals surface area contributed by atoms with Gasteiger partial charge in [0.1, 0.15) is 11.4 Å². The van der Waals surface area contributed by atoms with Crippen LogP contribution in [0.25, 0.3) is 11.1 Å². The second-order valence-corrected chi connectivity index (χ2v) is 5.38. The number of rotatable bonds is 6. The minimum atomic E-state index is -0.910. The number of esters is 1. The summed E-state index contributed by atoms with van der Waals surface area (Å²) in [5.41, 5.74) is 1.12. The molecule has 0 bridgehead atoms. The van der Waals surface area contributed by atoms with E-state index < -0.39 is 22.1 Å². The minimum Gasteiger partial charge on any atom is -0.462 e. The Morgan fingerprint density at radius 1 is 1.32 bits per heavy atom. The van der Waals surface area contributed by atoms with Crippen LogP contribution in [-0.2, 0) is 14.3 Å². The Balaban J connectivity index is 2.39. The van der Waals surface area contributed by atoms with E-state index in [2.05, 4.69) is 30.2 Å². The first kappa shape index (κ1) is 16.6. The molecule has 0 saturated carbocycles. The van der Waals surface area contributed by atoms with E-state index in [1.54, 1.807) is 13.0 Å². The fourth-order valence-electron chi connectivity index (χ4n) is 1.89. The summed E-state index contributed by atoms with van der Waals surface area (Å²) in [6, 6.07) is 4.60. The second kappa shape index (κ2) is 6.97. The SMILES string of the molecule is CCOC(=O)c1ccc2oc(C(CC(=O)S)C(=O)S)nc2c1. The van der Waals surface area contributed by atoms with Gasteiger partial charge in [0, 0.05) is 6.42 Å². The molecule has 22 heavy (non-hydrogen) atoms. The summed E-state index contributed by atoms with van der Waals surface area (Å²) in [5, 5.41) is -1.01. The van der Waals surface area contributed by atoms with E-state index in [0.717, 1.165) is 0 Å². The van der Waals surface area contributed by atoms with Gasteiger partial charge in [0.25, 0.3) is 0 Å². The van der Waals surface area contributed by atoms with Crippen LogP contribution < -0.4 is 0 Å². The molecule has 0 aliphatic carbocycles. The lowest BCUT2D eigenvalue weighted by molar-refractivity contribution is -0.117. The van der Waals surface area contributed by atoms with E-state index in [9.17, 15) is 14.4 Å². The van der Waals surface area contributed by atoms with Gasteiger partial charge in [-0.05, 0) is 25.1 Å². The molecule has 8 heteroatoms. The Hall–Kier alpha value is -1.80. The van der Waals surface area contributed by atoms with Crippen molar-refractivity contribution in [3.8, 4) is 0 Å². The fraction of sp³-hybridized carbons (Fsp3) is 0.286. The molecule has 1 aromatic carbocycles. The Bertz CT molecular complexity index is 740. The normalized spacial score (nSPS) is 12.1. The van der Waals surface area contributed by atoms with Crippen molar-refractivity contribution in [1.29, 1.82) is 0 Å². The Morgan fingerprint density at radius 2 is 2.05 bits per heavy atom. The molecule has 0 saturated heterocycles. The number of hydrogen-bond acceptors (Lipinski definition) is 6. The van der Waals surface area contributed by atoms with Gasteiger partial charge in [0.05, 0.1) is 12.2 Å². The molecule has 1 unspecified atom stereocenters. The van der Waals surface area contributed by atoms with Crippen LogP contribution in [0.2, 0.25) is 0 Å². The van der Waals surface area contributed by atoms with E-state index in [1.165, 1.54) is 12.1 Å². The summed E-state index contributed by atoms with van der Waals surface area (Å²) in [6.07, 6.45) is -0.164. The number of thiol groups is 2. The molecule has 0 aliphatic heterocycles. The predicted molar refractivity (Wildman–Crippen MR) is 85.3 cm³/mol. The van der Waals surface area contributed by atoms with Crippen LogP contribution in [0.1, 0.15) is 35.5 Å². The van der Waals surface area contributed by atoms with Crippen LogP contribution >= 0.6 is 25.3 Å². The molecule has 0 spiro atoms. The molecule has 0 N–H and O–H groups in total. The van der Waals surface area contributed by atoms with Crippen molar-refractivity contribution in [2.45, 2.75) is 19.3 Å². The minimum absolute atomic E-state index is 0.0680. The molecular weight excluding hydrogens is 326 g/mol. The number of oxazole rings is 1. The average molecular weight is 339 g/mol. The molecular formula is C14H13NO5S2. The first-order valence-corrected chi connectivity index (χ1v) is 7.34. The van der Waals surface area contributed by atoms with Crippen molar-refractivity contribution in [3.63, 3.8) is 0 Å². The summed E-state index contributed by atoms with van der Waals surface area (Å²) < 4.78 is 10.4. The lowest BCUT2D eigenvalue weighted by Gasteiger charge is -2.05. The fourth-order valence-corrected chi connectivity index (χ4v) is 2.27. The zero-order chi connectivity index (χ0) is 16.3. The smallest absolute Gasteiger partial charge is 0.338 e. The number of ether oxygens (including phenoxy) is 1. The largest absolute Gasteiger partial charge is 0.462 e. The molecule has 0 radical (unpaired) electrons. The number of fused-ring (bicyclic) bond motifs is 1. The molecule has 0 amide bonds. The Kier molecular flexibility index (Phi) is 5.25. The third-order valence-electron chi connectivity index (χ3n) is 2.89. The van der Waals surface area contributed by atoms with Gasteiger partial charge in [-0.25, -0.2) is 9.78 Å². The molecule has 0 fully saturated rings. The number of aromatic nitrogens is 1. The maximum atomic E-state index is 11.7. The van der Waals surface area contributed by atoms with Gasteiger partial charge in [-0.3, -0.25) is 9.59 Å². The molecule has 0 aliphatic rings. The van der Waals surface area contributed by atoms with Gasteiger partial charge in [-0.15, -0.1) is 25.3 Å². The number of nitrogens with zero attached hydrogens (tertiary/aromatic N) is 1. The summed E-state index contributed by atoms with van der Waals surface area (Å²) in [7, 11) is 0. The first-order valence-electron chi connectivity index (χ1n) is 6.44. The number of benzene rings is 1. The van der Waals surface area contributed by atoms with Crippen molar-refractivity contribution < 1.29 is 23.5 Å². The molecule has 116 valence electrons. The van der Waals surface area contributed by atoms with Crippen LogP contribution in [0.5, 0.6) is 0 Å². The summed E-state index contributed by atoms with van der Waals surface area (Å²) in [6.45, 7) is 1.98. The zero-order valence-electron chi connectivity index (χ0n) is 11.6. The summed E-state index contributed by atoms with van der Waals surface area (Å²) in [4.78, 5) is 38.5. The second-order valence-electron chi connectivity index (χ2n) is 4.44. The van der Waals surface area contributed by atoms with Crippen molar-refractivity contribution >= 4 is 52.6 Å². The third kappa shape index (κ3) is 3.69. The van der Waals surface area contributed by atoms with E-state index in [-0.39, 0.29) is 18.9 Å². The summed E-state index contributed by atoms with van der Waals surface area (Å²) in [5.74, 6) is -1.31. The standard InChI is InChI=1S/C14H13NO5S2/c1-2-19-13(17)7-3-4-10-9(5-7)15-12(20-10)8(14(18)22)6-11(16)21/h3-5,8H,2,6H2,1H3,(H,16,21)(H,18,22). The van der Waals surface area contributed by atoms with Gasteiger partial charge in [-0.1, -0.05) is 0 Å². The van der Waals surface area contributed by atoms with Gasteiger partial charge in [-0.2, -0.15) is 0 Å². The van der Waals surface area contributed by atoms with Crippen molar-refractivity contribution in [1.82, 2.24) is 4.98 Å². The highest BCUT2D eigenvalue weighted by atomic mass is 32.1. The van der Waals surface area contributed by atoms with E-state index >= 15 is 0 Å². The van der Waals surface area contributed by atoms with Crippen molar-refractivity contribution in [3.05, 3.63) is 29.7 Å². The molecule has 6 nitrogen and oxygen atoms in total. The quantitative estimate of drug-likeness (QED) is 0.621. The van der Waals surface area contributed by atoms with E-state index in [4.69, 9.17) is 9.15 Å². The van der Waals surface area contributed by atoms with E-state index in [0.29, 0.717) is 16.7 Å². The molecule has 1 atom stereocenters. The maximum Gasteiger partial charge on any atom is 0.338 e. The Morgan fingerprint density at radius 3 is 2.64 bits per heavy atom. The molecule has 2 rings (SSSR count). The van der Waals surface area contributed by atoms with Gasteiger partial charge in [0.15, 0.2) is 15.8 Å². The van der Waals surface area contributed by atoms with Crippen LogP contribution in [0, 0.1) is 0 Å². The highest BCUT2D eigenvalue weighted by molar-refractivity contribution is 7.97. The van der Waals surface area contributed by atoms with Crippen LogP contribution in [0.15, 0.2) is 22.6 Å². The number of carbonyl (C=O) groups excluding carboxylic acids is 3. The topological polar surface area (TPSA) is 86.5 Å². The van der Waals surface area contributed by atoms with Crippen LogP contribution in [0.3, 0.4) is 0 Å². The van der Waals surface area contributed by atoms with Gasteiger partial charge in [0.2, 0.25) is 5.89 Å². The lowest BCUT2D eigenvalue weighted by Crippen LogP contribution is -2.10. The highest BCUT2D eigenvalue weighted by Gasteiger charge is 2.26. The lowest BCUT2D eigenvalue weighted by atomic mass is 10.1. The monoisotopic (exact) mass is 339 g/mol. The van der Waals surface area contributed by atoms with E-state index in [1.807, 2.05) is 0 Å². The number of hydrogen-bond donors (Lipinski definition) is 2. The molecule has 1 heterocycles. The maximum absolute atomic E-state index is 11.7. The summed E-state index contributed by atoms with van der Waals surface area (Å²) >= 11 is 7.40. The van der Waals surface area contributed by atoms with Gasteiger partial charge >= 0.3 is 5.97 Å². The predicted octanol–water partition coefficient (Wildman–Crippen LogP) is 2.39. The molecule has 2 aromatic rings. The van der Waals surface area contributed by atoms with Crippen LogP contribution in [-0.4, -0.2) is 27.8 Å². The van der Waals surface area contributed by atoms with Crippen molar-refractivity contribution in [2.24, 2.45) is 0 Å². The third-order valence-corrected chi connectivity index (χ3v) is 3.38. The first-order chi connectivity index (χ1) is 10.4. The highest BCUT2D eigenvalue weighted by Crippen LogP contribution is 2.27. The zero-order valence-corrected chi connectivity index (χ0v) is 13.4. The molecule has 1 aromatic heterocycles. The van der Waals surface area contributed by atoms with Crippen molar-refractivity contribution in [2.75, 3.05) is 6.61 Å². The Labute approximate surface area is 137 Å². The number of carbonyl (C=O) groups is 3.